The number of hydrogen-bond acceptors (Lipinski definition) is 3. The molecule has 0 heterocycles. The molecule has 0 saturated heterocycles. The summed E-state index contributed by atoms with van der Waals surface area (Å²) < 4.78 is 4.56. The van der Waals surface area contributed by atoms with E-state index in [1.165, 1.54) is 7.11 Å². The standard InChI is InChI=1S/C14H19ClN2O2S/c1-10(11-5-7-12(15)8-6-11)17-14(20)16-9-3-4-13(18)19-2/h5-8,10H,3-4,9H2,1-2H3,(H2,16,17,20)/t10-/m1/s1. The average molecular weight is 315 g/mol. The summed E-state index contributed by atoms with van der Waals surface area (Å²) in [7, 11) is 1.38. The van der Waals surface area contributed by atoms with E-state index in [2.05, 4.69) is 15.4 Å². The van der Waals surface area contributed by atoms with Crippen molar-refractivity contribution in [2.45, 2.75) is 25.8 Å². The van der Waals surface area contributed by atoms with E-state index in [9.17, 15) is 4.79 Å². The van der Waals surface area contributed by atoms with Crippen LogP contribution >= 0.6 is 23.8 Å². The highest BCUT2D eigenvalue weighted by Crippen LogP contribution is 2.15. The molecule has 0 amide bonds. The maximum atomic E-state index is 10.9. The zero-order valence-corrected chi connectivity index (χ0v) is 13.2. The summed E-state index contributed by atoms with van der Waals surface area (Å²) in [5, 5.41) is 7.52. The van der Waals surface area contributed by atoms with Crippen molar-refractivity contribution in [3.8, 4) is 0 Å². The highest BCUT2D eigenvalue weighted by molar-refractivity contribution is 7.80. The largest absolute Gasteiger partial charge is 0.469 e. The van der Waals surface area contributed by atoms with Gasteiger partial charge in [-0.25, -0.2) is 0 Å². The molecule has 0 unspecified atom stereocenters. The van der Waals surface area contributed by atoms with Crippen LogP contribution in [0.4, 0.5) is 0 Å². The van der Waals surface area contributed by atoms with Gasteiger partial charge in [0.1, 0.15) is 0 Å². The zero-order chi connectivity index (χ0) is 15.0. The number of benzene rings is 1. The minimum atomic E-state index is -0.208. The molecule has 0 saturated carbocycles. The van der Waals surface area contributed by atoms with E-state index in [1.807, 2.05) is 31.2 Å². The second-order valence-corrected chi connectivity index (χ2v) is 5.20. The molecular formula is C14H19ClN2O2S. The highest BCUT2D eigenvalue weighted by atomic mass is 35.5. The predicted octanol–water partition coefficient (Wildman–Crippen LogP) is 2.82. The second-order valence-electron chi connectivity index (χ2n) is 4.35. The molecule has 1 aromatic rings. The number of carbonyl (C=O) groups excluding carboxylic acids is 1. The van der Waals surface area contributed by atoms with Crippen LogP contribution < -0.4 is 10.6 Å². The smallest absolute Gasteiger partial charge is 0.305 e. The van der Waals surface area contributed by atoms with Gasteiger partial charge in [0.2, 0.25) is 0 Å². The third kappa shape index (κ3) is 6.21. The van der Waals surface area contributed by atoms with Gasteiger partial charge in [-0.1, -0.05) is 23.7 Å². The fourth-order valence-electron chi connectivity index (χ4n) is 1.62. The maximum Gasteiger partial charge on any atom is 0.305 e. The van der Waals surface area contributed by atoms with E-state index < -0.39 is 0 Å². The first-order valence-corrected chi connectivity index (χ1v) is 7.18. The van der Waals surface area contributed by atoms with Crippen LogP contribution in [-0.4, -0.2) is 24.7 Å². The SMILES string of the molecule is COC(=O)CCCNC(=S)N[C@H](C)c1ccc(Cl)cc1. The Bertz CT molecular complexity index is 451. The van der Waals surface area contributed by atoms with Crippen LogP contribution in [0.1, 0.15) is 31.4 Å². The van der Waals surface area contributed by atoms with E-state index in [4.69, 9.17) is 23.8 Å². The normalized spacial score (nSPS) is 11.6. The van der Waals surface area contributed by atoms with Crippen LogP contribution in [0.2, 0.25) is 5.02 Å². The third-order valence-electron chi connectivity index (χ3n) is 2.79. The molecule has 4 nitrogen and oxygen atoms in total. The lowest BCUT2D eigenvalue weighted by atomic mass is 10.1. The molecule has 110 valence electrons. The molecule has 2 N–H and O–H groups in total. The summed E-state index contributed by atoms with van der Waals surface area (Å²) >= 11 is 11.0. The molecule has 0 aliphatic heterocycles. The summed E-state index contributed by atoms with van der Waals surface area (Å²) in [6.07, 6.45) is 1.07. The number of ether oxygens (including phenoxy) is 1. The third-order valence-corrected chi connectivity index (χ3v) is 3.30. The molecule has 0 aliphatic carbocycles. The Morgan fingerprint density at radius 2 is 2.05 bits per heavy atom. The molecule has 0 spiro atoms. The van der Waals surface area contributed by atoms with Crippen LogP contribution in [0.25, 0.3) is 0 Å². The molecule has 1 rings (SSSR count). The zero-order valence-electron chi connectivity index (χ0n) is 11.6. The van der Waals surface area contributed by atoms with Crippen molar-refractivity contribution in [2.24, 2.45) is 0 Å². The van der Waals surface area contributed by atoms with Crippen molar-refractivity contribution >= 4 is 34.9 Å². The van der Waals surface area contributed by atoms with E-state index in [-0.39, 0.29) is 12.0 Å². The Labute approximate surface area is 129 Å². The van der Waals surface area contributed by atoms with Gasteiger partial charge < -0.3 is 15.4 Å². The molecule has 0 bridgehead atoms. The minimum absolute atomic E-state index is 0.0906. The number of hydrogen-bond donors (Lipinski definition) is 2. The number of halogens is 1. The van der Waals surface area contributed by atoms with Gasteiger partial charge in [-0.15, -0.1) is 0 Å². The lowest BCUT2D eigenvalue weighted by Gasteiger charge is -2.17. The van der Waals surface area contributed by atoms with Crippen molar-refractivity contribution in [2.75, 3.05) is 13.7 Å². The highest BCUT2D eigenvalue weighted by Gasteiger charge is 2.06. The first-order valence-electron chi connectivity index (χ1n) is 6.39. The molecule has 6 heteroatoms. The van der Waals surface area contributed by atoms with Crippen molar-refractivity contribution in [1.29, 1.82) is 0 Å². The van der Waals surface area contributed by atoms with Crippen molar-refractivity contribution < 1.29 is 9.53 Å². The van der Waals surface area contributed by atoms with E-state index in [0.717, 1.165) is 5.56 Å². The first kappa shape index (κ1) is 16.7. The van der Waals surface area contributed by atoms with Crippen LogP contribution in [0.5, 0.6) is 0 Å². The average Bonchev–Trinajstić information content (AvgIpc) is 2.43. The molecule has 1 atom stereocenters. The summed E-state index contributed by atoms with van der Waals surface area (Å²) in [4.78, 5) is 10.9. The first-order chi connectivity index (χ1) is 9.52. The molecule has 0 aromatic heterocycles. The number of esters is 1. The Balaban J connectivity index is 2.28. The van der Waals surface area contributed by atoms with Gasteiger partial charge in [0.05, 0.1) is 13.2 Å². The monoisotopic (exact) mass is 314 g/mol. The van der Waals surface area contributed by atoms with Crippen molar-refractivity contribution in [1.82, 2.24) is 10.6 Å². The molecule has 0 aliphatic rings. The fourth-order valence-corrected chi connectivity index (χ4v) is 2.02. The fraction of sp³-hybridized carbons (Fsp3) is 0.429. The van der Waals surface area contributed by atoms with Crippen LogP contribution in [0.15, 0.2) is 24.3 Å². The number of methoxy groups -OCH3 is 1. The van der Waals surface area contributed by atoms with Gasteiger partial charge in [0.15, 0.2) is 5.11 Å². The lowest BCUT2D eigenvalue weighted by Crippen LogP contribution is -2.37. The molecular weight excluding hydrogens is 296 g/mol. The number of rotatable bonds is 6. The molecule has 1 aromatic carbocycles. The summed E-state index contributed by atoms with van der Waals surface area (Å²) in [5.41, 5.74) is 1.10. The minimum Gasteiger partial charge on any atom is -0.469 e. The van der Waals surface area contributed by atoms with Crippen LogP contribution in [-0.2, 0) is 9.53 Å². The Morgan fingerprint density at radius 1 is 1.40 bits per heavy atom. The van der Waals surface area contributed by atoms with Crippen molar-refractivity contribution in [3.63, 3.8) is 0 Å². The van der Waals surface area contributed by atoms with Crippen LogP contribution in [0.3, 0.4) is 0 Å². The van der Waals surface area contributed by atoms with Gasteiger partial charge in [-0.2, -0.15) is 0 Å². The number of thiocarbonyl (C=S) groups is 1. The topological polar surface area (TPSA) is 50.4 Å². The second kappa shape index (κ2) is 8.76. The lowest BCUT2D eigenvalue weighted by molar-refractivity contribution is -0.140. The van der Waals surface area contributed by atoms with E-state index in [1.54, 1.807) is 0 Å². The molecule has 20 heavy (non-hydrogen) atoms. The van der Waals surface area contributed by atoms with E-state index >= 15 is 0 Å². The summed E-state index contributed by atoms with van der Waals surface area (Å²) in [6, 6.07) is 7.71. The number of nitrogens with one attached hydrogen (secondary N) is 2. The van der Waals surface area contributed by atoms with Crippen LogP contribution in [0, 0.1) is 0 Å². The Kier molecular flexibility index (Phi) is 7.33. The molecule has 0 fully saturated rings. The Hall–Kier alpha value is -1.33. The predicted molar refractivity (Wildman–Crippen MR) is 84.9 cm³/mol. The molecule has 0 radical (unpaired) electrons. The van der Waals surface area contributed by atoms with E-state index in [0.29, 0.717) is 29.5 Å². The van der Waals surface area contributed by atoms with Gasteiger partial charge in [-0.05, 0) is 43.3 Å². The number of carbonyl (C=O) groups is 1. The summed E-state index contributed by atoms with van der Waals surface area (Å²) in [5.74, 6) is -0.208. The van der Waals surface area contributed by atoms with Crippen molar-refractivity contribution in [3.05, 3.63) is 34.9 Å². The summed E-state index contributed by atoms with van der Waals surface area (Å²) in [6.45, 7) is 2.65. The van der Waals surface area contributed by atoms with Gasteiger partial charge >= 0.3 is 5.97 Å². The van der Waals surface area contributed by atoms with Gasteiger partial charge in [0.25, 0.3) is 0 Å². The van der Waals surface area contributed by atoms with Gasteiger partial charge in [0, 0.05) is 18.0 Å². The quantitative estimate of drug-likeness (QED) is 0.480. The maximum absolute atomic E-state index is 10.9. The Morgan fingerprint density at radius 3 is 2.65 bits per heavy atom. The van der Waals surface area contributed by atoms with Gasteiger partial charge in [-0.3, -0.25) is 4.79 Å².